The van der Waals surface area contributed by atoms with E-state index in [2.05, 4.69) is 10.2 Å². The van der Waals surface area contributed by atoms with E-state index in [0.717, 1.165) is 22.9 Å². The Balaban J connectivity index is 1.95. The molecule has 0 atom stereocenters. The summed E-state index contributed by atoms with van der Waals surface area (Å²) in [4.78, 5) is 6.71. The molecule has 26 heavy (non-hydrogen) atoms. The smallest absolute Gasteiger partial charge is 0.159 e. The van der Waals surface area contributed by atoms with Crippen LogP contribution in [0, 0.1) is 5.82 Å². The fraction of sp³-hybridized carbons (Fsp3) is 0.211. The van der Waals surface area contributed by atoms with Gasteiger partial charge in [0.2, 0.25) is 0 Å². The van der Waals surface area contributed by atoms with Gasteiger partial charge in [0.05, 0.1) is 17.9 Å². The zero-order valence-electron chi connectivity index (χ0n) is 14.4. The van der Waals surface area contributed by atoms with E-state index in [1.807, 2.05) is 41.8 Å². The quantitative estimate of drug-likeness (QED) is 0.710. The lowest BCUT2D eigenvalue weighted by Crippen LogP contribution is -2.17. The molecular weight excluding hydrogens is 353 g/mol. The minimum atomic E-state index is -0.325. The first-order valence-corrected chi connectivity index (χ1v) is 8.60. The molecule has 0 radical (unpaired) electrons. The molecule has 132 valence electrons. The molecule has 0 spiro atoms. The number of halogens is 2. The van der Waals surface area contributed by atoms with E-state index >= 15 is 0 Å². The molecule has 2 heterocycles. The van der Waals surface area contributed by atoms with Crippen LogP contribution in [-0.2, 0) is 13.1 Å². The van der Waals surface area contributed by atoms with Crippen LogP contribution in [0.1, 0.15) is 22.8 Å². The van der Waals surface area contributed by atoms with Gasteiger partial charge in [0.1, 0.15) is 12.4 Å². The van der Waals surface area contributed by atoms with E-state index in [1.54, 1.807) is 12.1 Å². The molecule has 5 nitrogen and oxygen atoms in total. The molecule has 1 aliphatic rings. The zero-order valence-corrected chi connectivity index (χ0v) is 15.2. The number of rotatable bonds is 3. The van der Waals surface area contributed by atoms with E-state index in [4.69, 9.17) is 16.6 Å². The first-order chi connectivity index (χ1) is 12.5. The summed E-state index contributed by atoms with van der Waals surface area (Å²) in [6, 6.07) is 12.1. The molecule has 0 saturated carbocycles. The van der Waals surface area contributed by atoms with Gasteiger partial charge in [-0.1, -0.05) is 29.8 Å². The second-order valence-electron chi connectivity index (χ2n) is 6.41. The highest BCUT2D eigenvalue weighted by Gasteiger charge is 2.24. The lowest BCUT2D eigenvalue weighted by molar-refractivity contribution is 0.387. The highest BCUT2D eigenvalue weighted by atomic mass is 35.5. The van der Waals surface area contributed by atoms with Crippen LogP contribution in [0.5, 0.6) is 0 Å². The third-order valence-electron chi connectivity index (χ3n) is 4.22. The molecule has 3 aromatic rings. The molecular formula is C19H17ClFN5. The van der Waals surface area contributed by atoms with Crippen molar-refractivity contribution in [3.63, 3.8) is 0 Å². The molecule has 0 aliphatic carbocycles. The average Bonchev–Trinajstić information content (AvgIpc) is 2.91. The topological polar surface area (TPSA) is 46.3 Å². The van der Waals surface area contributed by atoms with E-state index in [9.17, 15) is 4.39 Å². The van der Waals surface area contributed by atoms with Crippen molar-refractivity contribution in [3.8, 4) is 5.69 Å². The van der Waals surface area contributed by atoms with Gasteiger partial charge in [-0.3, -0.25) is 9.56 Å². The number of aromatic nitrogens is 3. The molecule has 7 heteroatoms. The van der Waals surface area contributed by atoms with Crippen LogP contribution in [0.25, 0.3) is 5.69 Å². The molecule has 0 N–H and O–H groups in total. The number of fused-ring (bicyclic) bond motifs is 3. The maximum atomic E-state index is 14.1. The Morgan fingerprint density at radius 3 is 2.69 bits per heavy atom. The lowest BCUT2D eigenvalue weighted by Gasteiger charge is -2.15. The summed E-state index contributed by atoms with van der Waals surface area (Å²) < 4.78 is 16.1. The Morgan fingerprint density at radius 2 is 1.92 bits per heavy atom. The van der Waals surface area contributed by atoms with Crippen LogP contribution < -0.4 is 0 Å². The van der Waals surface area contributed by atoms with Gasteiger partial charge in [-0.05, 0) is 38.4 Å². The van der Waals surface area contributed by atoms with Gasteiger partial charge in [0.15, 0.2) is 11.6 Å². The van der Waals surface area contributed by atoms with Crippen molar-refractivity contribution in [2.75, 3.05) is 14.1 Å². The first kappa shape index (κ1) is 16.9. The summed E-state index contributed by atoms with van der Waals surface area (Å²) >= 11 is 6.39. The van der Waals surface area contributed by atoms with Crippen molar-refractivity contribution in [2.45, 2.75) is 13.1 Å². The summed E-state index contributed by atoms with van der Waals surface area (Å²) in [6.45, 7) is 0.961. The summed E-state index contributed by atoms with van der Waals surface area (Å²) in [7, 11) is 3.94. The predicted molar refractivity (Wildman–Crippen MR) is 99.5 cm³/mol. The summed E-state index contributed by atoms with van der Waals surface area (Å²) in [5, 5.41) is 9.17. The van der Waals surface area contributed by atoms with Crippen molar-refractivity contribution in [3.05, 3.63) is 76.1 Å². The van der Waals surface area contributed by atoms with Crippen LogP contribution in [0.2, 0.25) is 5.02 Å². The Labute approximate surface area is 155 Å². The van der Waals surface area contributed by atoms with E-state index < -0.39 is 0 Å². The van der Waals surface area contributed by atoms with Crippen molar-refractivity contribution < 1.29 is 4.39 Å². The van der Waals surface area contributed by atoms with Crippen molar-refractivity contribution in [2.24, 2.45) is 4.99 Å². The van der Waals surface area contributed by atoms with Crippen molar-refractivity contribution in [1.29, 1.82) is 0 Å². The van der Waals surface area contributed by atoms with Gasteiger partial charge in [0, 0.05) is 16.1 Å². The molecule has 1 aliphatic heterocycles. The van der Waals surface area contributed by atoms with Crippen LogP contribution in [0.3, 0.4) is 0 Å². The number of benzene rings is 2. The van der Waals surface area contributed by atoms with Gasteiger partial charge in [-0.25, -0.2) is 4.39 Å². The van der Waals surface area contributed by atoms with Crippen LogP contribution >= 0.6 is 11.6 Å². The lowest BCUT2D eigenvalue weighted by atomic mass is 10.00. The Bertz CT molecular complexity index is 1010. The molecule has 0 bridgehead atoms. The van der Waals surface area contributed by atoms with Gasteiger partial charge in [0.25, 0.3) is 0 Å². The molecule has 0 unspecified atom stereocenters. The Morgan fingerprint density at radius 1 is 1.12 bits per heavy atom. The fourth-order valence-corrected chi connectivity index (χ4v) is 3.36. The standard InChI is InChI=1S/C19H17ClFN5/c1-25(2)11-18-24-23-17-10-22-19(13-5-3-4-6-15(13)20)14-9-12(21)7-8-16(14)26(17)18/h3-9H,10-11H2,1-2H3. The third-order valence-corrected chi connectivity index (χ3v) is 4.55. The Kier molecular flexibility index (Phi) is 4.30. The highest BCUT2D eigenvalue weighted by Crippen LogP contribution is 2.29. The van der Waals surface area contributed by atoms with Crippen LogP contribution in [-0.4, -0.2) is 39.5 Å². The van der Waals surface area contributed by atoms with Crippen molar-refractivity contribution >= 4 is 17.3 Å². The van der Waals surface area contributed by atoms with E-state index in [1.165, 1.54) is 12.1 Å². The predicted octanol–water partition coefficient (Wildman–Crippen LogP) is 3.47. The Hall–Kier alpha value is -2.57. The minimum absolute atomic E-state index is 0.325. The van der Waals surface area contributed by atoms with E-state index in [0.29, 0.717) is 29.4 Å². The molecule has 4 rings (SSSR count). The normalized spacial score (nSPS) is 13.2. The van der Waals surface area contributed by atoms with Crippen LogP contribution in [0.4, 0.5) is 4.39 Å². The van der Waals surface area contributed by atoms with Crippen molar-refractivity contribution in [1.82, 2.24) is 19.7 Å². The first-order valence-electron chi connectivity index (χ1n) is 8.22. The summed E-state index contributed by atoms with van der Waals surface area (Å²) in [6.07, 6.45) is 0. The summed E-state index contributed by atoms with van der Waals surface area (Å²) in [5.41, 5.74) is 2.91. The number of aliphatic imine (C=N–C) groups is 1. The molecule has 1 aromatic heterocycles. The monoisotopic (exact) mass is 369 g/mol. The molecule has 0 fully saturated rings. The van der Waals surface area contributed by atoms with Gasteiger partial charge in [-0.15, -0.1) is 10.2 Å². The largest absolute Gasteiger partial charge is 0.302 e. The fourth-order valence-electron chi connectivity index (χ4n) is 3.13. The van der Waals surface area contributed by atoms with E-state index in [-0.39, 0.29) is 5.82 Å². The molecule has 0 amide bonds. The maximum Gasteiger partial charge on any atom is 0.159 e. The molecule has 2 aromatic carbocycles. The van der Waals surface area contributed by atoms with Gasteiger partial charge >= 0.3 is 0 Å². The second-order valence-corrected chi connectivity index (χ2v) is 6.82. The van der Waals surface area contributed by atoms with Gasteiger partial charge < -0.3 is 4.90 Å². The zero-order chi connectivity index (χ0) is 18.3. The summed E-state index contributed by atoms with van der Waals surface area (Å²) in [5.74, 6) is 1.18. The number of hydrogen-bond acceptors (Lipinski definition) is 4. The molecule has 0 saturated heterocycles. The van der Waals surface area contributed by atoms with Gasteiger partial charge in [-0.2, -0.15) is 0 Å². The minimum Gasteiger partial charge on any atom is -0.302 e. The number of nitrogens with zero attached hydrogens (tertiary/aromatic N) is 5. The third kappa shape index (κ3) is 2.91. The average molecular weight is 370 g/mol. The second kappa shape index (κ2) is 6.63. The SMILES string of the molecule is CN(C)Cc1nnc2n1-c1ccc(F)cc1C(c1ccccc1Cl)=NC2. The number of hydrogen-bond donors (Lipinski definition) is 0. The maximum absolute atomic E-state index is 14.1. The highest BCUT2D eigenvalue weighted by molar-refractivity contribution is 6.35. The van der Waals surface area contributed by atoms with Crippen LogP contribution in [0.15, 0.2) is 47.5 Å².